The molecule has 0 saturated heterocycles. The van der Waals surface area contributed by atoms with E-state index in [0.717, 1.165) is 6.42 Å². The minimum atomic E-state index is -0.798. The van der Waals surface area contributed by atoms with E-state index in [0.29, 0.717) is 11.5 Å². The molecule has 1 rings (SSSR count). The van der Waals surface area contributed by atoms with Crippen molar-refractivity contribution in [3.8, 4) is 11.5 Å². The molecule has 0 amide bonds. The molecule has 0 spiro atoms. The molecule has 1 N–H and O–H groups in total. The van der Waals surface area contributed by atoms with Crippen LogP contribution in [0.2, 0.25) is 0 Å². The monoisotopic (exact) mass is 537 g/mol. The fraction of sp³-hybridized carbons (Fsp3) is 0.643. The molecule has 38 heavy (non-hydrogen) atoms. The van der Waals surface area contributed by atoms with Crippen LogP contribution in [0.4, 0.5) is 4.79 Å². The normalized spacial score (nSPS) is 12.5. The predicted octanol–water partition coefficient (Wildman–Crippen LogP) is 4.46. The topological polar surface area (TPSA) is 126 Å². The molecule has 0 radical (unpaired) electrons. The highest BCUT2D eigenvalue weighted by atomic mass is 16.7. The van der Waals surface area contributed by atoms with Crippen LogP contribution >= 0.6 is 0 Å². The average Bonchev–Trinajstić information content (AvgIpc) is 2.80. The van der Waals surface area contributed by atoms with Gasteiger partial charge in [-0.2, -0.15) is 0 Å². The SMILES string of the molecule is COC(=O)[C@H](Cc1ccc(OC(=O)C(C)(C)C)c(OC(=O)C(C)(C)C)c1)NCCOC(=O)OCCC(C)C. The zero-order chi connectivity index (χ0) is 29.1. The van der Waals surface area contributed by atoms with E-state index < -0.39 is 40.9 Å². The van der Waals surface area contributed by atoms with Crippen LogP contribution in [0.5, 0.6) is 11.5 Å². The molecule has 1 aromatic carbocycles. The van der Waals surface area contributed by atoms with E-state index in [-0.39, 0.29) is 37.7 Å². The standard InChI is InChI=1S/C28H43NO9/c1-18(2)12-14-35-26(33)36-15-13-29-20(23(30)34-9)16-19-10-11-21(37-24(31)27(3,4)5)22(17-19)38-25(32)28(6,7)8/h10-11,17-18,20,29H,12-16H2,1-9H3/t20-/m0/s1. The van der Waals surface area contributed by atoms with Crippen LogP contribution in [0.1, 0.15) is 67.4 Å². The van der Waals surface area contributed by atoms with Crippen LogP contribution in [-0.4, -0.2) is 57.0 Å². The lowest BCUT2D eigenvalue weighted by Crippen LogP contribution is -2.41. The summed E-state index contributed by atoms with van der Waals surface area (Å²) in [6.45, 7) is 14.8. The molecule has 0 saturated carbocycles. The number of esters is 3. The average molecular weight is 538 g/mol. The molecular weight excluding hydrogens is 494 g/mol. The van der Waals surface area contributed by atoms with Gasteiger partial charge in [-0.3, -0.25) is 14.4 Å². The molecule has 0 unspecified atom stereocenters. The van der Waals surface area contributed by atoms with Crippen LogP contribution in [0.3, 0.4) is 0 Å². The maximum Gasteiger partial charge on any atom is 0.508 e. The Balaban J connectivity index is 2.97. The van der Waals surface area contributed by atoms with Crippen LogP contribution < -0.4 is 14.8 Å². The molecule has 0 aromatic heterocycles. The number of benzene rings is 1. The van der Waals surface area contributed by atoms with Crippen molar-refractivity contribution in [2.45, 2.75) is 74.3 Å². The van der Waals surface area contributed by atoms with Gasteiger partial charge in [0.15, 0.2) is 11.5 Å². The van der Waals surface area contributed by atoms with Crippen LogP contribution in [0.25, 0.3) is 0 Å². The second-order valence-electron chi connectivity index (χ2n) is 11.4. The first kappa shape index (κ1) is 32.9. The summed E-state index contributed by atoms with van der Waals surface area (Å²) in [5.74, 6) is -0.962. The third-order valence-corrected chi connectivity index (χ3v) is 5.19. The van der Waals surface area contributed by atoms with E-state index in [1.54, 1.807) is 53.7 Å². The predicted molar refractivity (Wildman–Crippen MR) is 141 cm³/mol. The van der Waals surface area contributed by atoms with E-state index in [9.17, 15) is 19.2 Å². The fourth-order valence-corrected chi connectivity index (χ4v) is 2.75. The number of hydrogen-bond acceptors (Lipinski definition) is 10. The van der Waals surface area contributed by atoms with Gasteiger partial charge in [-0.15, -0.1) is 0 Å². The molecule has 0 fully saturated rings. The molecule has 0 aliphatic heterocycles. The van der Waals surface area contributed by atoms with Gasteiger partial charge in [0.05, 0.1) is 24.5 Å². The first-order chi connectivity index (χ1) is 17.5. The number of hydrogen-bond donors (Lipinski definition) is 1. The van der Waals surface area contributed by atoms with Gasteiger partial charge in [-0.05, 0) is 78.0 Å². The molecule has 214 valence electrons. The first-order valence-electron chi connectivity index (χ1n) is 12.7. The highest BCUT2D eigenvalue weighted by molar-refractivity contribution is 5.81. The van der Waals surface area contributed by atoms with Crippen LogP contribution in [-0.2, 0) is 35.0 Å². The van der Waals surface area contributed by atoms with Gasteiger partial charge in [-0.25, -0.2) is 4.79 Å². The summed E-state index contributed by atoms with van der Waals surface area (Å²) in [6, 6.07) is 3.96. The van der Waals surface area contributed by atoms with Crippen molar-refractivity contribution in [3.05, 3.63) is 23.8 Å². The number of carbonyl (C=O) groups excluding carboxylic acids is 4. The van der Waals surface area contributed by atoms with Gasteiger partial charge in [0, 0.05) is 6.54 Å². The second-order valence-corrected chi connectivity index (χ2v) is 11.4. The molecule has 10 heteroatoms. The molecule has 0 aliphatic carbocycles. The van der Waals surface area contributed by atoms with Gasteiger partial charge in [0.2, 0.25) is 0 Å². The number of carbonyl (C=O) groups is 4. The second kappa shape index (κ2) is 14.7. The number of ether oxygens (including phenoxy) is 5. The summed E-state index contributed by atoms with van der Waals surface area (Å²) in [5.41, 5.74) is -0.950. The summed E-state index contributed by atoms with van der Waals surface area (Å²) < 4.78 is 26.0. The Hall–Kier alpha value is -3.14. The van der Waals surface area contributed by atoms with Crippen molar-refractivity contribution >= 4 is 24.1 Å². The molecule has 1 atom stereocenters. The zero-order valence-corrected chi connectivity index (χ0v) is 24.1. The number of rotatable bonds is 12. The fourth-order valence-electron chi connectivity index (χ4n) is 2.75. The van der Waals surface area contributed by atoms with E-state index in [4.69, 9.17) is 23.7 Å². The lowest BCUT2D eigenvalue weighted by molar-refractivity contribution is -0.145. The Bertz CT molecular complexity index is 958. The van der Waals surface area contributed by atoms with Gasteiger partial charge in [-0.1, -0.05) is 19.9 Å². The quantitative estimate of drug-likeness (QED) is 0.232. The van der Waals surface area contributed by atoms with Gasteiger partial charge < -0.3 is 29.0 Å². The lowest BCUT2D eigenvalue weighted by Gasteiger charge is -2.21. The molecule has 0 aliphatic rings. The van der Waals surface area contributed by atoms with Gasteiger partial charge in [0.1, 0.15) is 12.6 Å². The summed E-state index contributed by atoms with van der Waals surface area (Å²) in [6.07, 6.45) is 0.130. The minimum absolute atomic E-state index is 0.00978. The molecule has 1 aromatic rings. The smallest absolute Gasteiger partial charge is 0.468 e. The Labute approximate surface area is 225 Å². The van der Waals surface area contributed by atoms with E-state index in [2.05, 4.69) is 5.32 Å². The van der Waals surface area contributed by atoms with E-state index >= 15 is 0 Å². The van der Waals surface area contributed by atoms with Crippen molar-refractivity contribution < 1.29 is 42.9 Å². The van der Waals surface area contributed by atoms with E-state index in [1.807, 2.05) is 13.8 Å². The van der Waals surface area contributed by atoms with Crippen molar-refractivity contribution in [1.82, 2.24) is 5.32 Å². The highest BCUT2D eigenvalue weighted by Crippen LogP contribution is 2.33. The third kappa shape index (κ3) is 11.9. The summed E-state index contributed by atoms with van der Waals surface area (Å²) in [4.78, 5) is 49.1. The Kier molecular flexibility index (Phi) is 12.7. The largest absolute Gasteiger partial charge is 0.508 e. The lowest BCUT2D eigenvalue weighted by atomic mass is 9.97. The maximum absolute atomic E-state index is 12.6. The van der Waals surface area contributed by atoms with Crippen molar-refractivity contribution in [1.29, 1.82) is 0 Å². The molecule has 10 nitrogen and oxygen atoms in total. The van der Waals surface area contributed by atoms with Crippen LogP contribution in [0.15, 0.2) is 18.2 Å². The van der Waals surface area contributed by atoms with E-state index in [1.165, 1.54) is 13.2 Å². The summed E-state index contributed by atoms with van der Waals surface area (Å²) in [7, 11) is 1.27. The van der Waals surface area contributed by atoms with Crippen molar-refractivity contribution in [3.63, 3.8) is 0 Å². The Morgan fingerprint density at radius 3 is 1.92 bits per heavy atom. The van der Waals surface area contributed by atoms with Gasteiger partial charge in [0.25, 0.3) is 0 Å². The maximum atomic E-state index is 12.6. The summed E-state index contributed by atoms with van der Waals surface area (Å²) in [5, 5.41) is 3.00. The Morgan fingerprint density at radius 2 is 1.39 bits per heavy atom. The van der Waals surface area contributed by atoms with Crippen LogP contribution in [0, 0.1) is 16.7 Å². The molecular formula is C28H43NO9. The first-order valence-corrected chi connectivity index (χ1v) is 12.7. The number of methoxy groups -OCH3 is 1. The minimum Gasteiger partial charge on any atom is -0.468 e. The molecule has 0 heterocycles. The van der Waals surface area contributed by atoms with Crippen molar-refractivity contribution in [2.75, 3.05) is 26.9 Å². The Morgan fingerprint density at radius 1 is 0.842 bits per heavy atom. The highest BCUT2D eigenvalue weighted by Gasteiger charge is 2.29. The van der Waals surface area contributed by atoms with Crippen molar-refractivity contribution in [2.24, 2.45) is 16.7 Å². The van der Waals surface area contributed by atoms with Gasteiger partial charge >= 0.3 is 24.1 Å². The zero-order valence-electron chi connectivity index (χ0n) is 24.1. The molecule has 0 bridgehead atoms. The third-order valence-electron chi connectivity index (χ3n) is 5.19. The number of nitrogens with one attached hydrogen (secondary N) is 1. The summed E-state index contributed by atoms with van der Waals surface area (Å²) >= 11 is 0.